The largest absolute Gasteiger partial charge is 0.480 e. The molecule has 7 nitrogen and oxygen atoms in total. The van der Waals surface area contributed by atoms with Crippen LogP contribution in [0.2, 0.25) is 0 Å². The topological polar surface area (TPSA) is 88.3 Å². The minimum absolute atomic E-state index is 0.172. The van der Waals surface area contributed by atoms with Crippen LogP contribution in [0.3, 0.4) is 0 Å². The molecule has 28 heavy (non-hydrogen) atoms. The monoisotopic (exact) mass is 380 g/mol. The van der Waals surface area contributed by atoms with Crippen LogP contribution in [-0.4, -0.2) is 49.5 Å². The molecular weight excluding hydrogens is 356 g/mol. The van der Waals surface area contributed by atoms with Crippen molar-refractivity contribution in [3.63, 3.8) is 0 Å². The first-order chi connectivity index (χ1) is 13.3. The third-order valence-electron chi connectivity index (χ3n) is 4.76. The summed E-state index contributed by atoms with van der Waals surface area (Å²) in [5, 5.41) is 9.48. The smallest absolute Gasteiger partial charge is 0.326 e. The van der Waals surface area contributed by atoms with E-state index in [2.05, 4.69) is 9.97 Å². The number of aromatic nitrogens is 3. The summed E-state index contributed by atoms with van der Waals surface area (Å²) in [6.45, 7) is 5.79. The lowest BCUT2D eigenvalue weighted by Gasteiger charge is -2.26. The van der Waals surface area contributed by atoms with Gasteiger partial charge in [0.25, 0.3) is 5.91 Å². The number of carbonyl (C=O) groups is 2. The van der Waals surface area contributed by atoms with Gasteiger partial charge in [-0.05, 0) is 49.6 Å². The number of aryl methyl sites for hydroxylation is 1. The van der Waals surface area contributed by atoms with Crippen LogP contribution in [0.4, 0.5) is 0 Å². The highest BCUT2D eigenvalue weighted by molar-refractivity contribution is 5.96. The van der Waals surface area contributed by atoms with Gasteiger partial charge in [0.1, 0.15) is 17.4 Å². The van der Waals surface area contributed by atoms with Crippen LogP contribution in [0.25, 0.3) is 16.7 Å². The van der Waals surface area contributed by atoms with Gasteiger partial charge in [-0.25, -0.2) is 9.78 Å². The molecule has 0 spiro atoms. The first kappa shape index (κ1) is 19.5. The van der Waals surface area contributed by atoms with Gasteiger partial charge in [0.2, 0.25) is 0 Å². The van der Waals surface area contributed by atoms with Gasteiger partial charge in [0.05, 0.1) is 11.7 Å². The van der Waals surface area contributed by atoms with E-state index in [4.69, 9.17) is 0 Å². The lowest BCUT2D eigenvalue weighted by atomic mass is 10.0. The Morgan fingerprint density at radius 3 is 2.46 bits per heavy atom. The molecule has 0 fully saturated rings. The highest BCUT2D eigenvalue weighted by Crippen LogP contribution is 2.21. The molecule has 1 aromatic carbocycles. The van der Waals surface area contributed by atoms with Gasteiger partial charge < -0.3 is 10.0 Å². The fourth-order valence-corrected chi connectivity index (χ4v) is 3.35. The molecular formula is C21H24N4O3. The number of likely N-dealkylation sites (N-methyl/N-ethyl adjacent to an activating group) is 1. The summed E-state index contributed by atoms with van der Waals surface area (Å²) in [4.78, 5) is 34.3. The van der Waals surface area contributed by atoms with Gasteiger partial charge in [-0.15, -0.1) is 0 Å². The van der Waals surface area contributed by atoms with Crippen molar-refractivity contribution in [3.8, 4) is 5.69 Å². The van der Waals surface area contributed by atoms with Crippen molar-refractivity contribution in [1.29, 1.82) is 0 Å². The zero-order valence-corrected chi connectivity index (χ0v) is 16.5. The summed E-state index contributed by atoms with van der Waals surface area (Å²) in [6, 6.07) is 8.16. The van der Waals surface area contributed by atoms with Crippen LogP contribution < -0.4 is 0 Å². The van der Waals surface area contributed by atoms with E-state index >= 15 is 0 Å². The molecule has 0 aliphatic rings. The minimum atomic E-state index is -0.990. The molecule has 2 heterocycles. The number of rotatable bonds is 6. The lowest BCUT2D eigenvalue weighted by molar-refractivity contribution is -0.142. The van der Waals surface area contributed by atoms with Gasteiger partial charge in [-0.1, -0.05) is 13.8 Å². The molecule has 0 aliphatic heterocycles. The van der Waals surface area contributed by atoms with Crippen molar-refractivity contribution >= 4 is 22.9 Å². The fraction of sp³-hybridized carbons (Fsp3) is 0.333. The number of fused-ring (bicyclic) bond motifs is 1. The number of aliphatic carboxylic acids is 1. The molecule has 0 aliphatic carbocycles. The average molecular weight is 380 g/mol. The number of amides is 1. The number of pyridine rings is 1. The predicted molar refractivity (Wildman–Crippen MR) is 107 cm³/mol. The number of imidazole rings is 1. The van der Waals surface area contributed by atoms with Crippen molar-refractivity contribution in [1.82, 2.24) is 19.4 Å². The van der Waals surface area contributed by atoms with E-state index in [1.165, 1.54) is 11.9 Å². The summed E-state index contributed by atoms with van der Waals surface area (Å²) in [7, 11) is 1.54. The SMILES string of the molecule is Cc1nc2cnccc2n1-c1ccc(C(=O)N(C)[C@@H](CC(C)C)C(=O)O)cc1. The van der Waals surface area contributed by atoms with Crippen molar-refractivity contribution < 1.29 is 14.7 Å². The van der Waals surface area contributed by atoms with Gasteiger partial charge >= 0.3 is 5.97 Å². The fourth-order valence-electron chi connectivity index (χ4n) is 3.35. The van der Waals surface area contributed by atoms with E-state index in [9.17, 15) is 14.7 Å². The number of benzene rings is 1. The maximum absolute atomic E-state index is 12.8. The first-order valence-electron chi connectivity index (χ1n) is 9.19. The van der Waals surface area contributed by atoms with Gasteiger partial charge in [-0.2, -0.15) is 0 Å². The average Bonchev–Trinajstić information content (AvgIpc) is 3.00. The van der Waals surface area contributed by atoms with E-state index in [0.29, 0.717) is 12.0 Å². The molecule has 3 aromatic rings. The van der Waals surface area contributed by atoms with E-state index in [0.717, 1.165) is 22.5 Å². The van der Waals surface area contributed by atoms with Gasteiger partial charge in [-0.3, -0.25) is 14.3 Å². The lowest BCUT2D eigenvalue weighted by Crippen LogP contribution is -2.43. The van der Waals surface area contributed by atoms with E-state index in [1.54, 1.807) is 24.5 Å². The normalized spacial score (nSPS) is 12.3. The first-order valence-corrected chi connectivity index (χ1v) is 9.19. The number of nitrogens with zero attached hydrogens (tertiary/aromatic N) is 4. The number of hydrogen-bond acceptors (Lipinski definition) is 4. The van der Waals surface area contributed by atoms with E-state index < -0.39 is 12.0 Å². The highest BCUT2D eigenvalue weighted by atomic mass is 16.4. The zero-order valence-electron chi connectivity index (χ0n) is 16.5. The van der Waals surface area contributed by atoms with Crippen molar-refractivity contribution in [2.75, 3.05) is 7.05 Å². The molecule has 2 aromatic heterocycles. The van der Waals surface area contributed by atoms with Crippen LogP contribution in [0.15, 0.2) is 42.7 Å². The minimum Gasteiger partial charge on any atom is -0.480 e. The van der Waals surface area contributed by atoms with Gasteiger partial charge in [0.15, 0.2) is 0 Å². The number of hydrogen-bond donors (Lipinski definition) is 1. The second kappa shape index (κ2) is 7.80. The van der Waals surface area contributed by atoms with Crippen molar-refractivity contribution in [3.05, 3.63) is 54.1 Å². The Morgan fingerprint density at radius 1 is 1.18 bits per heavy atom. The number of carboxylic acids is 1. The summed E-state index contributed by atoms with van der Waals surface area (Å²) >= 11 is 0. The Hall–Kier alpha value is -3.22. The maximum atomic E-state index is 12.8. The molecule has 0 saturated carbocycles. The third-order valence-corrected chi connectivity index (χ3v) is 4.76. The Morgan fingerprint density at radius 2 is 1.86 bits per heavy atom. The molecule has 0 radical (unpaired) electrons. The summed E-state index contributed by atoms with van der Waals surface area (Å²) in [5.41, 5.74) is 3.07. The Balaban J connectivity index is 1.88. The van der Waals surface area contributed by atoms with Crippen LogP contribution in [-0.2, 0) is 4.79 Å². The standard InChI is InChI=1S/C21H24N4O3/c1-13(2)11-19(21(27)28)24(4)20(26)15-5-7-16(8-6-15)25-14(3)23-17-12-22-10-9-18(17)25/h5-10,12-13,19H,11H2,1-4H3,(H,27,28)/t19-/m0/s1. The van der Waals surface area contributed by atoms with Crippen molar-refractivity contribution in [2.45, 2.75) is 33.2 Å². The summed E-state index contributed by atoms with van der Waals surface area (Å²) < 4.78 is 1.99. The predicted octanol–water partition coefficient (Wildman–Crippen LogP) is 3.30. The van der Waals surface area contributed by atoms with Crippen LogP contribution >= 0.6 is 0 Å². The second-order valence-electron chi connectivity index (χ2n) is 7.31. The van der Waals surface area contributed by atoms with Gasteiger partial charge in [0, 0.05) is 24.5 Å². The van der Waals surface area contributed by atoms with Crippen LogP contribution in [0.5, 0.6) is 0 Å². The second-order valence-corrected chi connectivity index (χ2v) is 7.31. The molecule has 0 unspecified atom stereocenters. The molecule has 146 valence electrons. The molecule has 7 heteroatoms. The number of carbonyl (C=O) groups excluding carboxylic acids is 1. The van der Waals surface area contributed by atoms with Crippen LogP contribution in [0, 0.1) is 12.8 Å². The Bertz CT molecular complexity index is 1010. The van der Waals surface area contributed by atoms with E-state index in [-0.39, 0.29) is 11.8 Å². The molecule has 1 N–H and O–H groups in total. The summed E-state index contributed by atoms with van der Waals surface area (Å²) in [5.74, 6) is -0.306. The van der Waals surface area contributed by atoms with Crippen LogP contribution in [0.1, 0.15) is 36.5 Å². The highest BCUT2D eigenvalue weighted by Gasteiger charge is 2.28. The van der Waals surface area contributed by atoms with Crippen molar-refractivity contribution in [2.24, 2.45) is 5.92 Å². The molecule has 3 rings (SSSR count). The molecule has 0 saturated heterocycles. The molecule has 1 amide bonds. The number of carboxylic acid groups (broad SMARTS) is 1. The van der Waals surface area contributed by atoms with E-state index in [1.807, 2.05) is 43.5 Å². The quantitative estimate of drug-likeness (QED) is 0.709. The molecule has 0 bridgehead atoms. The Labute approximate surface area is 163 Å². The summed E-state index contributed by atoms with van der Waals surface area (Å²) in [6.07, 6.45) is 3.84. The third kappa shape index (κ3) is 3.74. The maximum Gasteiger partial charge on any atom is 0.326 e. The zero-order chi connectivity index (χ0) is 20.4. The molecule has 1 atom stereocenters. The Kier molecular flexibility index (Phi) is 5.44.